The van der Waals surface area contributed by atoms with Crippen LogP contribution in [-0.4, -0.2) is 17.1 Å². The fourth-order valence-electron chi connectivity index (χ4n) is 2.41. The van der Waals surface area contributed by atoms with E-state index < -0.39 is 28.8 Å². The molecule has 26 heavy (non-hydrogen) atoms. The molecule has 1 atom stereocenters. The minimum Gasteiger partial charge on any atom is -0.326 e. The van der Waals surface area contributed by atoms with Crippen molar-refractivity contribution >= 4 is 46.6 Å². The summed E-state index contributed by atoms with van der Waals surface area (Å²) in [5.41, 5.74) is -0.241. The minimum absolute atomic E-state index is 0.0984. The van der Waals surface area contributed by atoms with Crippen LogP contribution in [0.15, 0.2) is 47.4 Å². The largest absolute Gasteiger partial charge is 0.416 e. The normalized spacial score (nSPS) is 16.6. The summed E-state index contributed by atoms with van der Waals surface area (Å²) < 4.78 is 38.3. The molecule has 0 radical (unpaired) electrons. The van der Waals surface area contributed by atoms with Gasteiger partial charge >= 0.3 is 6.18 Å². The molecule has 0 fully saturated rings. The van der Waals surface area contributed by atoms with Gasteiger partial charge in [0.15, 0.2) is 0 Å². The molecule has 0 bridgehead atoms. The Hall–Kier alpha value is -2.19. The Bertz CT molecular complexity index is 873. The van der Waals surface area contributed by atoms with Crippen LogP contribution in [0.4, 0.5) is 24.5 Å². The lowest BCUT2D eigenvalue weighted by Gasteiger charge is -2.24. The van der Waals surface area contributed by atoms with Crippen LogP contribution in [0.2, 0.25) is 5.02 Å². The summed E-state index contributed by atoms with van der Waals surface area (Å²) in [4.78, 5) is 24.8. The third kappa shape index (κ3) is 4.31. The Labute approximate surface area is 156 Å². The van der Waals surface area contributed by atoms with Crippen molar-refractivity contribution in [2.75, 3.05) is 10.6 Å². The van der Waals surface area contributed by atoms with E-state index in [2.05, 4.69) is 10.6 Å². The van der Waals surface area contributed by atoms with Gasteiger partial charge in [0, 0.05) is 22.0 Å². The fraction of sp³-hybridized carbons (Fsp3) is 0.176. The highest BCUT2D eigenvalue weighted by Crippen LogP contribution is 2.40. The van der Waals surface area contributed by atoms with Crippen LogP contribution in [0.5, 0.6) is 0 Å². The lowest BCUT2D eigenvalue weighted by atomic mass is 10.1. The molecule has 0 saturated carbocycles. The zero-order chi connectivity index (χ0) is 18.9. The van der Waals surface area contributed by atoms with Crippen molar-refractivity contribution in [1.29, 1.82) is 0 Å². The van der Waals surface area contributed by atoms with E-state index in [9.17, 15) is 22.8 Å². The van der Waals surface area contributed by atoms with Crippen molar-refractivity contribution < 1.29 is 22.8 Å². The molecule has 2 amide bonds. The summed E-state index contributed by atoms with van der Waals surface area (Å²) in [7, 11) is 0. The number of alkyl halides is 3. The van der Waals surface area contributed by atoms with Crippen molar-refractivity contribution in [2.45, 2.75) is 22.7 Å². The van der Waals surface area contributed by atoms with Gasteiger partial charge in [-0.3, -0.25) is 9.59 Å². The second kappa shape index (κ2) is 7.20. The number of hydrogen-bond acceptors (Lipinski definition) is 3. The van der Waals surface area contributed by atoms with E-state index in [4.69, 9.17) is 11.6 Å². The summed E-state index contributed by atoms with van der Waals surface area (Å²) in [6, 6.07) is 9.70. The van der Waals surface area contributed by atoms with E-state index in [-0.39, 0.29) is 12.1 Å². The van der Waals surface area contributed by atoms with Gasteiger partial charge in [-0.15, -0.1) is 11.8 Å². The molecule has 0 aromatic heterocycles. The summed E-state index contributed by atoms with van der Waals surface area (Å²) in [6.45, 7) is 0. The van der Waals surface area contributed by atoms with Crippen molar-refractivity contribution in [2.24, 2.45) is 0 Å². The maximum absolute atomic E-state index is 12.8. The fourth-order valence-corrected chi connectivity index (χ4v) is 3.69. The molecule has 1 aliphatic heterocycles. The first-order valence-electron chi connectivity index (χ1n) is 7.46. The summed E-state index contributed by atoms with van der Waals surface area (Å²) in [5, 5.41) is 4.80. The van der Waals surface area contributed by atoms with Crippen LogP contribution in [-0.2, 0) is 15.8 Å². The Balaban J connectivity index is 1.69. The number of thioether (sulfide) groups is 1. The average molecular weight is 401 g/mol. The summed E-state index contributed by atoms with van der Waals surface area (Å²) in [5.74, 6) is -0.904. The predicted octanol–water partition coefficient (Wildman–Crippen LogP) is 4.80. The van der Waals surface area contributed by atoms with Crippen LogP contribution in [0.25, 0.3) is 0 Å². The van der Waals surface area contributed by atoms with E-state index in [1.54, 1.807) is 24.3 Å². The number of anilines is 2. The van der Waals surface area contributed by atoms with E-state index in [0.717, 1.165) is 23.9 Å². The molecule has 9 heteroatoms. The number of benzene rings is 2. The Morgan fingerprint density at radius 3 is 2.69 bits per heavy atom. The number of fused-ring (bicyclic) bond motifs is 1. The monoisotopic (exact) mass is 400 g/mol. The lowest BCUT2D eigenvalue weighted by Crippen LogP contribution is -2.32. The molecule has 4 nitrogen and oxygen atoms in total. The highest BCUT2D eigenvalue weighted by Gasteiger charge is 2.34. The second-order valence-electron chi connectivity index (χ2n) is 5.57. The van der Waals surface area contributed by atoms with Crippen molar-refractivity contribution in [3.05, 3.63) is 53.1 Å². The quantitative estimate of drug-likeness (QED) is 0.778. The van der Waals surface area contributed by atoms with Gasteiger partial charge in [0.25, 0.3) is 0 Å². The molecule has 0 unspecified atom stereocenters. The van der Waals surface area contributed by atoms with E-state index in [1.165, 1.54) is 6.07 Å². The Morgan fingerprint density at radius 2 is 2.00 bits per heavy atom. The molecular weight excluding hydrogens is 389 g/mol. The van der Waals surface area contributed by atoms with Crippen LogP contribution < -0.4 is 10.6 Å². The highest BCUT2D eigenvalue weighted by atomic mass is 35.5. The molecular formula is C17H12ClF3N2O2S. The molecule has 0 spiro atoms. The molecule has 3 rings (SSSR count). The van der Waals surface area contributed by atoms with Gasteiger partial charge in [-0.25, -0.2) is 0 Å². The Morgan fingerprint density at radius 1 is 1.23 bits per heavy atom. The molecule has 1 aliphatic rings. The van der Waals surface area contributed by atoms with Gasteiger partial charge in [0.1, 0.15) is 0 Å². The first-order valence-corrected chi connectivity index (χ1v) is 8.72. The maximum Gasteiger partial charge on any atom is 0.416 e. The van der Waals surface area contributed by atoms with Crippen molar-refractivity contribution in [3.63, 3.8) is 0 Å². The molecule has 136 valence electrons. The number of hydrogen-bond donors (Lipinski definition) is 2. The molecule has 0 saturated heterocycles. The van der Waals surface area contributed by atoms with Crippen LogP contribution >= 0.6 is 23.4 Å². The number of nitrogens with one attached hydrogen (secondary N) is 2. The zero-order valence-electron chi connectivity index (χ0n) is 13.1. The van der Waals surface area contributed by atoms with Crippen LogP contribution in [0, 0.1) is 0 Å². The molecule has 2 aromatic rings. The van der Waals surface area contributed by atoms with Gasteiger partial charge in [-0.05, 0) is 36.4 Å². The number of halogens is 4. The molecule has 2 aromatic carbocycles. The highest BCUT2D eigenvalue weighted by molar-refractivity contribution is 8.01. The minimum atomic E-state index is -4.49. The van der Waals surface area contributed by atoms with E-state index in [1.807, 2.05) is 0 Å². The predicted molar refractivity (Wildman–Crippen MR) is 94.4 cm³/mol. The first-order chi connectivity index (χ1) is 12.2. The molecule has 0 aliphatic carbocycles. The SMILES string of the molecule is O=C(C[C@H]1Sc2ccc(C(F)(F)F)cc2NC1=O)Nc1cccc(Cl)c1. The van der Waals surface area contributed by atoms with Crippen molar-refractivity contribution in [1.82, 2.24) is 0 Å². The van der Waals surface area contributed by atoms with Gasteiger partial charge in [0.05, 0.1) is 16.5 Å². The second-order valence-corrected chi connectivity index (χ2v) is 7.25. The topological polar surface area (TPSA) is 58.2 Å². The number of carbonyl (C=O) groups excluding carboxylic acids is 2. The molecule has 1 heterocycles. The first kappa shape index (κ1) is 18.6. The average Bonchev–Trinajstić information content (AvgIpc) is 2.54. The van der Waals surface area contributed by atoms with Gasteiger partial charge in [0.2, 0.25) is 11.8 Å². The number of rotatable bonds is 3. The van der Waals surface area contributed by atoms with Crippen LogP contribution in [0.1, 0.15) is 12.0 Å². The van der Waals surface area contributed by atoms with Gasteiger partial charge in [-0.1, -0.05) is 17.7 Å². The Kier molecular flexibility index (Phi) is 5.15. The lowest BCUT2D eigenvalue weighted by molar-refractivity contribution is -0.137. The van der Waals surface area contributed by atoms with E-state index in [0.29, 0.717) is 15.6 Å². The summed E-state index contributed by atoms with van der Waals surface area (Å²) >= 11 is 6.90. The van der Waals surface area contributed by atoms with Gasteiger partial charge in [-0.2, -0.15) is 13.2 Å². The third-order valence-electron chi connectivity index (χ3n) is 3.61. The third-order valence-corrected chi connectivity index (χ3v) is 5.12. The smallest absolute Gasteiger partial charge is 0.326 e. The standard InChI is InChI=1S/C17H12ClF3N2O2S/c18-10-2-1-3-11(7-10)22-15(24)8-14-16(25)23-12-6-9(17(19,20)21)4-5-13(12)26-14/h1-7,14H,8H2,(H,22,24)(H,23,25)/t14-/m1/s1. The number of carbonyl (C=O) groups is 2. The zero-order valence-corrected chi connectivity index (χ0v) is 14.6. The molecule has 2 N–H and O–H groups in total. The van der Waals surface area contributed by atoms with Gasteiger partial charge < -0.3 is 10.6 Å². The summed E-state index contributed by atoms with van der Waals surface area (Å²) in [6.07, 6.45) is -4.61. The van der Waals surface area contributed by atoms with Crippen molar-refractivity contribution in [3.8, 4) is 0 Å². The van der Waals surface area contributed by atoms with Crippen LogP contribution in [0.3, 0.4) is 0 Å². The number of amides is 2. The maximum atomic E-state index is 12.8. The van der Waals surface area contributed by atoms with E-state index >= 15 is 0 Å².